The van der Waals surface area contributed by atoms with E-state index in [-0.39, 0.29) is 86.3 Å². The predicted molar refractivity (Wildman–Crippen MR) is 365 cm³/mol. The number of carbonyl (C=O) groups is 11. The largest absolute Gasteiger partial charge is 0.481 e. The second kappa shape index (κ2) is 54.2. The highest BCUT2D eigenvalue weighted by atomic mass is 16.6. The van der Waals surface area contributed by atoms with Gasteiger partial charge >= 0.3 is 65.8 Å². The van der Waals surface area contributed by atoms with Crippen LogP contribution in [-0.4, -0.2) is 152 Å². The average Bonchev–Trinajstić information content (AvgIpc) is 0.879. The maximum Gasteiger partial charge on any atom is 0.407 e. The molecule has 96 heavy (non-hydrogen) atoms. The first-order valence-electron chi connectivity index (χ1n) is 34.3. The number of nitrogens with one attached hydrogen (secondary N) is 1. The molecule has 2 unspecified atom stereocenters. The van der Waals surface area contributed by atoms with Gasteiger partial charge in [0.15, 0.2) is 0 Å². The molecule has 0 saturated carbocycles. The number of unbranched alkanes of at least 4 members (excludes halogenated alkanes) is 7. The van der Waals surface area contributed by atoms with Crippen LogP contribution in [0.4, 0.5) is 4.79 Å². The van der Waals surface area contributed by atoms with Crippen LogP contribution in [-0.2, 0) is 76.3 Å². The van der Waals surface area contributed by atoms with Gasteiger partial charge in [-0.3, -0.25) is 38.4 Å². The van der Waals surface area contributed by atoms with Crippen molar-refractivity contribution >= 4 is 65.8 Å². The van der Waals surface area contributed by atoms with Crippen LogP contribution in [0.1, 0.15) is 280 Å². The minimum Gasteiger partial charge on any atom is -0.481 e. The summed E-state index contributed by atoms with van der Waals surface area (Å²) >= 11 is 0. The van der Waals surface area contributed by atoms with Crippen LogP contribution in [0.3, 0.4) is 0 Å². The summed E-state index contributed by atoms with van der Waals surface area (Å²) < 4.78 is 40.7. The molecule has 0 bridgehead atoms. The van der Waals surface area contributed by atoms with Gasteiger partial charge in [-0.1, -0.05) is 79.9 Å². The fourth-order valence-corrected chi connectivity index (χ4v) is 6.67. The Kier molecular flexibility index (Phi) is 53.9. The quantitative estimate of drug-likeness (QED) is 0.0230. The second-order valence-electron chi connectivity index (χ2n) is 26.5. The molecule has 1 rings (SSSR count). The van der Waals surface area contributed by atoms with Crippen molar-refractivity contribution in [1.82, 2.24) is 5.32 Å². The Bertz CT molecular complexity index is 2390. The Morgan fingerprint density at radius 3 is 1.23 bits per heavy atom. The van der Waals surface area contributed by atoms with Crippen molar-refractivity contribution in [2.75, 3.05) is 59.4 Å². The van der Waals surface area contributed by atoms with Gasteiger partial charge < -0.3 is 63.6 Å². The Labute approximate surface area is 573 Å². The van der Waals surface area contributed by atoms with Gasteiger partial charge in [0, 0.05) is 19.3 Å². The molecule has 0 aliphatic heterocycles. The van der Waals surface area contributed by atoms with Crippen molar-refractivity contribution in [2.24, 2.45) is 33.0 Å². The number of aliphatic hydroxyl groups excluding tert-OH is 1. The van der Waals surface area contributed by atoms with Crippen LogP contribution in [0.25, 0.3) is 0 Å². The molecule has 1 aromatic carbocycles. The Hall–Kier alpha value is -6.85. The van der Waals surface area contributed by atoms with Crippen LogP contribution in [0, 0.1) is 33.0 Å². The monoisotopic (exact) mass is 1370 g/mol. The van der Waals surface area contributed by atoms with Gasteiger partial charge in [-0.2, -0.15) is 0 Å². The van der Waals surface area contributed by atoms with Crippen molar-refractivity contribution in [2.45, 2.75) is 266 Å². The first-order chi connectivity index (χ1) is 44.7. The third-order valence-corrected chi connectivity index (χ3v) is 16.0. The molecule has 0 fully saturated rings. The van der Waals surface area contributed by atoms with E-state index in [4.69, 9.17) is 58.3 Å². The number of hydrogen-bond acceptors (Lipinski definition) is 20. The molecule has 1 aromatic rings. The first kappa shape index (κ1) is 95.5. The Morgan fingerprint density at radius 2 is 0.823 bits per heavy atom. The van der Waals surface area contributed by atoms with E-state index in [1.165, 1.54) is 24.6 Å². The molecule has 24 heteroatoms. The highest BCUT2D eigenvalue weighted by Gasteiger charge is 2.30. The lowest BCUT2D eigenvalue weighted by Crippen LogP contribution is -2.32. The minimum absolute atomic E-state index is 0.0322. The zero-order chi connectivity index (χ0) is 74.6. The van der Waals surface area contributed by atoms with Gasteiger partial charge in [-0.15, -0.1) is 0 Å². The van der Waals surface area contributed by atoms with E-state index in [0.717, 1.165) is 64.2 Å². The number of rotatable bonds is 44. The van der Waals surface area contributed by atoms with Crippen LogP contribution in [0.2, 0.25) is 0 Å². The molecule has 0 aliphatic rings. The number of hydrogen-bond donors (Lipinski definition) is 5. The van der Waals surface area contributed by atoms with Crippen LogP contribution in [0.15, 0.2) is 24.3 Å². The lowest BCUT2D eigenvalue weighted by molar-refractivity contribution is -0.157. The van der Waals surface area contributed by atoms with Gasteiger partial charge in [0.2, 0.25) is 0 Å². The molecule has 0 spiro atoms. The van der Waals surface area contributed by atoms with E-state index in [1.807, 2.05) is 76.2 Å². The lowest BCUT2D eigenvalue weighted by atomic mass is 9.91. The molecular weight excluding hydrogens is 1250 g/mol. The number of carboxylic acid groups (broad SMARTS) is 3. The molecule has 24 nitrogen and oxygen atoms in total. The summed E-state index contributed by atoms with van der Waals surface area (Å²) in [5.74, 6) is -4.45. The van der Waals surface area contributed by atoms with E-state index < -0.39 is 63.1 Å². The SMILES string of the molecule is CCC(C)(C)C(=O)O.CCC(C)(C)C(=O)OCC(C)O.CCC(C)(C)C(=O)OCCCCCC(=O)OCCCCCC(=O)O.CCC(C)(C)C(=O)OCCOC(=O)c1ccccc1C(=O)O.CCCCC(CC)COC(=O)CCCCCOC(=O)NCCOC(=O)C(C)(C)CC. The fraction of sp³-hybridized carbons (Fsp3) is 0.764. The highest BCUT2D eigenvalue weighted by Crippen LogP contribution is 2.25. The Morgan fingerprint density at radius 1 is 0.427 bits per heavy atom. The Balaban J connectivity index is -0.000000583. The molecule has 0 aromatic heterocycles. The standard InChI is InChI=1S/C23H43NO6.C18H32O6.C16H20O6.C9H18O3.C6H12O2/c1-6-9-13-19(7-2)18-30-20(25)14-11-10-12-16-29-22(27)24-15-17-28-21(26)23(4,5)8-3;1-4-18(2,3)17(22)24-14-10-6-8-12-16(21)23-13-9-5-7-11-15(19)20;1-4-16(2,3)15(20)22-10-9-21-14(19)12-8-6-5-7-11(12)13(17)18;1-5-9(3,4)8(11)12-6-7(2)10;1-4-6(2,3)5(7)8/h19H,6-18H2,1-5H3,(H,24,27);4-14H2,1-3H3,(H,19,20);5-8H,4,9-10H2,1-3H3,(H,17,18);7,10H,5-6H2,1-4H3;4H2,1-3H3,(H,7,8). The number of benzene rings is 1. The summed E-state index contributed by atoms with van der Waals surface area (Å²) in [6, 6.07) is 5.77. The van der Waals surface area contributed by atoms with Crippen LogP contribution < -0.4 is 5.32 Å². The molecule has 556 valence electrons. The second-order valence-corrected chi connectivity index (χ2v) is 26.5. The van der Waals surface area contributed by atoms with Crippen molar-refractivity contribution in [3.63, 3.8) is 0 Å². The summed E-state index contributed by atoms with van der Waals surface area (Å²) in [6.45, 7) is 35.2. The van der Waals surface area contributed by atoms with Crippen LogP contribution in [0.5, 0.6) is 0 Å². The fourth-order valence-electron chi connectivity index (χ4n) is 6.67. The van der Waals surface area contributed by atoms with E-state index in [1.54, 1.807) is 40.7 Å². The van der Waals surface area contributed by atoms with Gasteiger partial charge in [0.05, 0.1) is 77.3 Å². The number of aliphatic hydroxyl groups is 1. The lowest BCUT2D eigenvalue weighted by Gasteiger charge is -2.20. The van der Waals surface area contributed by atoms with E-state index in [9.17, 15) is 52.7 Å². The summed E-state index contributed by atoms with van der Waals surface area (Å²) in [5, 5.41) is 37.3. The third-order valence-electron chi connectivity index (χ3n) is 16.0. The zero-order valence-corrected chi connectivity index (χ0v) is 61.7. The number of ether oxygens (including phenoxy) is 8. The van der Waals surface area contributed by atoms with Gasteiger partial charge in [-0.05, 0) is 191 Å². The van der Waals surface area contributed by atoms with E-state index in [2.05, 4.69) is 19.2 Å². The van der Waals surface area contributed by atoms with Gasteiger partial charge in [-0.25, -0.2) is 14.4 Å². The maximum absolute atomic E-state index is 11.8. The summed E-state index contributed by atoms with van der Waals surface area (Å²) in [4.78, 5) is 125. The maximum atomic E-state index is 11.8. The van der Waals surface area contributed by atoms with Gasteiger partial charge in [0.1, 0.15) is 26.4 Å². The molecule has 0 aliphatic carbocycles. The molecule has 1 amide bonds. The molecular formula is C72H125NO23. The summed E-state index contributed by atoms with van der Waals surface area (Å²) in [5.41, 5.74) is -2.67. The molecule has 0 radical (unpaired) electrons. The normalized spacial score (nSPS) is 11.8. The molecule has 5 N–H and O–H groups in total. The van der Waals surface area contributed by atoms with Gasteiger partial charge in [0.25, 0.3) is 0 Å². The van der Waals surface area contributed by atoms with E-state index >= 15 is 0 Å². The zero-order valence-electron chi connectivity index (χ0n) is 61.7. The number of amides is 1. The first-order valence-corrected chi connectivity index (χ1v) is 34.3. The third kappa shape index (κ3) is 49.6. The van der Waals surface area contributed by atoms with Crippen molar-refractivity contribution in [3.05, 3.63) is 35.4 Å². The minimum atomic E-state index is -1.20. The predicted octanol–water partition coefficient (Wildman–Crippen LogP) is 14.1. The number of alkyl carbamates (subject to hydrolysis) is 1. The smallest absolute Gasteiger partial charge is 0.407 e. The average molecular weight is 1370 g/mol. The molecule has 0 saturated heterocycles. The molecule has 0 heterocycles. The highest BCUT2D eigenvalue weighted by molar-refractivity contribution is 6.02. The number of carboxylic acids is 3. The topological polar surface area (TPSA) is 355 Å². The van der Waals surface area contributed by atoms with Crippen molar-refractivity contribution in [3.8, 4) is 0 Å². The van der Waals surface area contributed by atoms with Crippen molar-refractivity contribution < 1.29 is 111 Å². The number of esters is 7. The summed E-state index contributed by atoms with van der Waals surface area (Å²) in [6.07, 6.45) is 14.3. The molecule has 2 atom stereocenters. The van der Waals surface area contributed by atoms with Crippen LogP contribution >= 0.6 is 0 Å². The number of carbonyl (C=O) groups excluding carboxylic acids is 8. The number of aromatic carboxylic acids is 1. The van der Waals surface area contributed by atoms with Crippen molar-refractivity contribution in [1.29, 1.82) is 0 Å². The number of aliphatic carboxylic acids is 2. The summed E-state index contributed by atoms with van der Waals surface area (Å²) in [7, 11) is 0. The van der Waals surface area contributed by atoms with E-state index in [0.29, 0.717) is 90.1 Å².